The summed E-state index contributed by atoms with van der Waals surface area (Å²) in [5, 5.41) is 0. The Morgan fingerprint density at radius 2 is 2.00 bits per heavy atom. The highest BCUT2D eigenvalue weighted by Gasteiger charge is 2.60. The Bertz CT molecular complexity index is 381. The van der Waals surface area contributed by atoms with Crippen LogP contribution in [0.4, 0.5) is 0 Å². The van der Waals surface area contributed by atoms with Crippen molar-refractivity contribution in [2.24, 2.45) is 17.3 Å². The maximum atomic E-state index is 12.3. The SMILES string of the molecule is CCCC[C@H]1[C@H](C2=C(CCCI)CCC2=O)C1(C)C. The quantitative estimate of drug-likeness (QED) is 0.435. The average molecular weight is 374 g/mol. The lowest BCUT2D eigenvalue weighted by Gasteiger charge is -2.07. The number of carbonyl (C=O) groups is 1. The number of Topliss-reactive ketones (excluding diaryl/α,β-unsaturated/α-hetero) is 1. The molecular formula is C17H27IO. The Morgan fingerprint density at radius 3 is 2.63 bits per heavy atom. The van der Waals surface area contributed by atoms with Crippen LogP contribution >= 0.6 is 22.6 Å². The molecule has 0 unspecified atom stereocenters. The van der Waals surface area contributed by atoms with Gasteiger partial charge in [0.25, 0.3) is 0 Å². The van der Waals surface area contributed by atoms with Crippen LogP contribution in [0.15, 0.2) is 11.1 Å². The molecule has 0 heterocycles. The molecule has 2 atom stereocenters. The maximum Gasteiger partial charge on any atom is 0.159 e. The molecule has 108 valence electrons. The molecule has 1 saturated carbocycles. The lowest BCUT2D eigenvalue weighted by Crippen LogP contribution is -2.03. The van der Waals surface area contributed by atoms with E-state index in [2.05, 4.69) is 43.4 Å². The molecule has 0 radical (unpaired) electrons. The lowest BCUT2D eigenvalue weighted by molar-refractivity contribution is -0.115. The molecule has 0 amide bonds. The maximum absolute atomic E-state index is 12.3. The summed E-state index contributed by atoms with van der Waals surface area (Å²) in [6.45, 7) is 7.00. The molecule has 0 aromatic rings. The van der Waals surface area contributed by atoms with Gasteiger partial charge in [-0.2, -0.15) is 0 Å². The predicted molar refractivity (Wildman–Crippen MR) is 89.7 cm³/mol. The van der Waals surface area contributed by atoms with Gasteiger partial charge in [0, 0.05) is 6.42 Å². The van der Waals surface area contributed by atoms with Crippen molar-refractivity contribution in [3.63, 3.8) is 0 Å². The number of hydrogen-bond donors (Lipinski definition) is 0. The first-order valence-electron chi connectivity index (χ1n) is 7.85. The third-order valence-electron chi connectivity index (χ3n) is 5.18. The summed E-state index contributed by atoms with van der Waals surface area (Å²) in [6, 6.07) is 0. The molecule has 2 aliphatic rings. The molecule has 2 rings (SSSR count). The van der Waals surface area contributed by atoms with Gasteiger partial charge in [-0.05, 0) is 52.9 Å². The Balaban J connectivity index is 2.12. The zero-order chi connectivity index (χ0) is 14.0. The fourth-order valence-electron chi connectivity index (χ4n) is 3.94. The predicted octanol–water partition coefficient (Wildman–Crippen LogP) is 5.32. The first-order chi connectivity index (χ1) is 9.04. The van der Waals surface area contributed by atoms with Gasteiger partial charge in [0.05, 0.1) is 0 Å². The van der Waals surface area contributed by atoms with Crippen molar-refractivity contribution >= 4 is 28.4 Å². The van der Waals surface area contributed by atoms with E-state index in [1.165, 1.54) is 41.3 Å². The van der Waals surface area contributed by atoms with Gasteiger partial charge >= 0.3 is 0 Å². The van der Waals surface area contributed by atoms with E-state index in [1.54, 1.807) is 0 Å². The van der Waals surface area contributed by atoms with Crippen LogP contribution in [0.5, 0.6) is 0 Å². The second kappa shape index (κ2) is 6.28. The summed E-state index contributed by atoms with van der Waals surface area (Å²) in [4.78, 5) is 12.3. The van der Waals surface area contributed by atoms with E-state index in [9.17, 15) is 4.79 Å². The summed E-state index contributed by atoms with van der Waals surface area (Å²) >= 11 is 2.44. The standard InChI is InChI=1S/C17H27IO/c1-4-5-8-13-16(17(13,2)3)15-12(7-6-11-18)9-10-14(15)19/h13,16H,4-11H2,1-3H3/t13-,16+/m0/s1. The van der Waals surface area contributed by atoms with Gasteiger partial charge in [-0.1, -0.05) is 61.8 Å². The molecule has 1 nitrogen and oxygen atoms in total. The Labute approximate surface area is 131 Å². The lowest BCUT2D eigenvalue weighted by atomic mass is 9.97. The average Bonchev–Trinajstić information content (AvgIpc) is 2.71. The van der Waals surface area contributed by atoms with Crippen LogP contribution < -0.4 is 0 Å². The fourth-order valence-corrected chi connectivity index (χ4v) is 4.33. The monoisotopic (exact) mass is 374 g/mol. The number of ketones is 1. The van der Waals surface area contributed by atoms with Crippen molar-refractivity contribution in [1.29, 1.82) is 0 Å². The smallest absolute Gasteiger partial charge is 0.159 e. The molecule has 19 heavy (non-hydrogen) atoms. The number of unbranched alkanes of at least 4 members (excludes halogenated alkanes) is 1. The molecule has 2 aliphatic carbocycles. The van der Waals surface area contributed by atoms with Crippen LogP contribution in [0.2, 0.25) is 0 Å². The largest absolute Gasteiger partial charge is 0.295 e. The molecule has 0 saturated heterocycles. The minimum Gasteiger partial charge on any atom is -0.295 e. The number of rotatable bonds is 7. The van der Waals surface area contributed by atoms with Crippen LogP contribution in [0.3, 0.4) is 0 Å². The van der Waals surface area contributed by atoms with E-state index < -0.39 is 0 Å². The highest BCUT2D eigenvalue weighted by atomic mass is 127. The zero-order valence-corrected chi connectivity index (χ0v) is 14.8. The Hall–Kier alpha value is 0.140. The summed E-state index contributed by atoms with van der Waals surface area (Å²) < 4.78 is 1.20. The van der Waals surface area contributed by atoms with Gasteiger partial charge in [0.1, 0.15) is 0 Å². The van der Waals surface area contributed by atoms with Crippen LogP contribution in [-0.4, -0.2) is 10.2 Å². The van der Waals surface area contributed by atoms with Crippen molar-refractivity contribution in [2.75, 3.05) is 4.43 Å². The molecule has 0 bridgehead atoms. The van der Waals surface area contributed by atoms with Gasteiger partial charge in [-0.3, -0.25) is 4.79 Å². The first-order valence-corrected chi connectivity index (χ1v) is 9.37. The molecule has 0 aromatic carbocycles. The van der Waals surface area contributed by atoms with E-state index in [1.807, 2.05) is 0 Å². The number of hydrogen-bond acceptors (Lipinski definition) is 1. The molecular weight excluding hydrogens is 347 g/mol. The van der Waals surface area contributed by atoms with Gasteiger partial charge in [0.15, 0.2) is 5.78 Å². The van der Waals surface area contributed by atoms with Crippen LogP contribution in [-0.2, 0) is 4.79 Å². The van der Waals surface area contributed by atoms with Crippen molar-refractivity contribution < 1.29 is 4.79 Å². The second-order valence-corrected chi connectivity index (χ2v) is 7.86. The normalized spacial score (nSPS) is 29.2. The van der Waals surface area contributed by atoms with Crippen molar-refractivity contribution in [2.45, 2.75) is 65.7 Å². The van der Waals surface area contributed by atoms with Crippen LogP contribution in [0.25, 0.3) is 0 Å². The Kier molecular flexibility index (Phi) is 5.13. The minimum atomic E-state index is 0.375. The highest BCUT2D eigenvalue weighted by Crippen LogP contribution is 2.65. The molecule has 0 spiro atoms. The first kappa shape index (κ1) is 15.5. The zero-order valence-electron chi connectivity index (χ0n) is 12.6. The van der Waals surface area contributed by atoms with Crippen molar-refractivity contribution in [1.82, 2.24) is 0 Å². The van der Waals surface area contributed by atoms with Crippen molar-refractivity contribution in [3.05, 3.63) is 11.1 Å². The number of allylic oxidation sites excluding steroid dienone is 2. The van der Waals surface area contributed by atoms with Crippen LogP contribution in [0, 0.1) is 17.3 Å². The van der Waals surface area contributed by atoms with Crippen LogP contribution in [0.1, 0.15) is 65.7 Å². The molecule has 0 aromatic heterocycles. The third-order valence-corrected chi connectivity index (χ3v) is 5.94. The topological polar surface area (TPSA) is 17.1 Å². The Morgan fingerprint density at radius 1 is 1.26 bits per heavy atom. The van der Waals surface area contributed by atoms with E-state index in [0.717, 1.165) is 25.2 Å². The second-order valence-electron chi connectivity index (χ2n) is 6.78. The molecule has 0 aliphatic heterocycles. The minimum absolute atomic E-state index is 0.375. The number of alkyl halides is 1. The van der Waals surface area contributed by atoms with Gasteiger partial charge < -0.3 is 0 Å². The molecule has 2 heteroatoms. The van der Waals surface area contributed by atoms with E-state index in [0.29, 0.717) is 17.1 Å². The summed E-state index contributed by atoms with van der Waals surface area (Å²) in [5.74, 6) is 1.82. The number of carbonyl (C=O) groups excluding carboxylic acids is 1. The van der Waals surface area contributed by atoms with Gasteiger partial charge in [0.2, 0.25) is 0 Å². The summed E-state index contributed by atoms with van der Waals surface area (Å²) in [6.07, 6.45) is 8.14. The summed E-state index contributed by atoms with van der Waals surface area (Å²) in [7, 11) is 0. The molecule has 0 N–H and O–H groups in total. The summed E-state index contributed by atoms with van der Waals surface area (Å²) in [5.41, 5.74) is 3.16. The molecule has 1 fully saturated rings. The third kappa shape index (κ3) is 3.08. The number of halogens is 1. The van der Waals surface area contributed by atoms with Crippen molar-refractivity contribution in [3.8, 4) is 0 Å². The van der Waals surface area contributed by atoms with Gasteiger partial charge in [-0.15, -0.1) is 0 Å². The van der Waals surface area contributed by atoms with Gasteiger partial charge in [-0.25, -0.2) is 0 Å². The fraction of sp³-hybridized carbons (Fsp3) is 0.824. The van der Waals surface area contributed by atoms with E-state index >= 15 is 0 Å². The van der Waals surface area contributed by atoms with E-state index in [4.69, 9.17) is 0 Å². The highest BCUT2D eigenvalue weighted by molar-refractivity contribution is 14.1. The van der Waals surface area contributed by atoms with E-state index in [-0.39, 0.29) is 0 Å².